The van der Waals surface area contributed by atoms with Gasteiger partial charge < -0.3 is 10.5 Å². The summed E-state index contributed by atoms with van der Waals surface area (Å²) in [6.07, 6.45) is 0. The molecule has 0 aliphatic rings. The highest BCUT2D eigenvalue weighted by atomic mass is 16.5. The van der Waals surface area contributed by atoms with Crippen LogP contribution in [0.4, 0.5) is 0 Å². The second kappa shape index (κ2) is 5.35. The zero-order valence-electron chi connectivity index (χ0n) is 10.3. The van der Waals surface area contributed by atoms with E-state index < -0.39 is 0 Å². The average Bonchev–Trinajstić information content (AvgIpc) is 2.01. The summed E-state index contributed by atoms with van der Waals surface area (Å²) in [5, 5.41) is 0. The number of aliphatic imine (C=N–C) groups is 1. The van der Waals surface area contributed by atoms with Crippen LogP contribution in [-0.4, -0.2) is 25.6 Å². The lowest BCUT2D eigenvalue weighted by atomic mass is 9.94. The molecule has 2 N–H and O–H groups in total. The van der Waals surface area contributed by atoms with Gasteiger partial charge in [0.15, 0.2) is 0 Å². The smallest absolute Gasteiger partial charge is 0.0995 e. The summed E-state index contributed by atoms with van der Waals surface area (Å²) in [5.74, 6) is 1.16. The topological polar surface area (TPSA) is 47.6 Å². The number of methoxy groups -OCH3 is 1. The Bertz CT molecular complexity index is 192. The highest BCUT2D eigenvalue weighted by Gasteiger charge is 2.19. The molecule has 1 atom stereocenters. The Morgan fingerprint density at radius 2 is 1.86 bits per heavy atom. The second-order valence-corrected chi connectivity index (χ2v) is 5.03. The van der Waals surface area contributed by atoms with Crippen molar-refractivity contribution in [2.24, 2.45) is 22.1 Å². The molecule has 14 heavy (non-hydrogen) atoms. The molecule has 84 valence electrons. The zero-order valence-corrected chi connectivity index (χ0v) is 10.3. The van der Waals surface area contributed by atoms with Crippen LogP contribution in [0.5, 0.6) is 0 Å². The second-order valence-electron chi connectivity index (χ2n) is 5.03. The number of nitrogens with two attached hydrogens (primary N) is 1. The fourth-order valence-electron chi connectivity index (χ4n) is 0.922. The SMILES string of the molecule is COCC(N=C(N)C(C)(C)C)C(C)C. The molecule has 0 bridgehead atoms. The van der Waals surface area contributed by atoms with Gasteiger partial charge in [0.25, 0.3) is 0 Å². The third-order valence-corrected chi connectivity index (χ3v) is 2.18. The molecule has 0 aliphatic carbocycles. The minimum absolute atomic E-state index is 0.0547. The van der Waals surface area contributed by atoms with E-state index in [0.717, 1.165) is 0 Å². The Balaban J connectivity index is 4.55. The molecule has 0 amide bonds. The summed E-state index contributed by atoms with van der Waals surface area (Å²) in [5.41, 5.74) is 5.86. The number of nitrogens with zero attached hydrogens (tertiary/aromatic N) is 1. The molecule has 0 spiro atoms. The van der Waals surface area contributed by atoms with E-state index in [-0.39, 0.29) is 11.5 Å². The molecule has 0 fully saturated rings. The van der Waals surface area contributed by atoms with Gasteiger partial charge in [-0.15, -0.1) is 0 Å². The van der Waals surface area contributed by atoms with Crippen LogP contribution in [0.15, 0.2) is 4.99 Å². The summed E-state index contributed by atoms with van der Waals surface area (Å²) < 4.78 is 5.12. The van der Waals surface area contributed by atoms with E-state index in [1.165, 1.54) is 0 Å². The van der Waals surface area contributed by atoms with Gasteiger partial charge in [-0.1, -0.05) is 34.6 Å². The Morgan fingerprint density at radius 3 is 2.14 bits per heavy atom. The van der Waals surface area contributed by atoms with E-state index in [2.05, 4.69) is 39.6 Å². The number of rotatable bonds is 4. The van der Waals surface area contributed by atoms with Crippen LogP contribution in [0.1, 0.15) is 34.6 Å². The molecule has 3 nitrogen and oxygen atoms in total. The standard InChI is InChI=1S/C11H24N2O/c1-8(2)9(7-14-6)13-10(12)11(3,4)5/h8-9H,7H2,1-6H3,(H2,12,13). The Labute approximate surface area is 87.7 Å². The third kappa shape index (κ3) is 4.61. The van der Waals surface area contributed by atoms with Gasteiger partial charge in [-0.2, -0.15) is 0 Å². The Hall–Kier alpha value is -0.570. The summed E-state index contributed by atoms with van der Waals surface area (Å²) in [6, 6.07) is 0.166. The van der Waals surface area contributed by atoms with Crippen LogP contribution in [-0.2, 0) is 4.74 Å². The van der Waals surface area contributed by atoms with Crippen molar-refractivity contribution in [1.29, 1.82) is 0 Å². The van der Waals surface area contributed by atoms with E-state index in [1.54, 1.807) is 7.11 Å². The van der Waals surface area contributed by atoms with E-state index in [9.17, 15) is 0 Å². The summed E-state index contributed by atoms with van der Waals surface area (Å²) >= 11 is 0. The molecule has 1 unspecified atom stereocenters. The number of amidine groups is 1. The van der Waals surface area contributed by atoms with E-state index in [0.29, 0.717) is 18.4 Å². The summed E-state index contributed by atoms with van der Waals surface area (Å²) in [7, 11) is 1.69. The number of ether oxygens (including phenoxy) is 1. The van der Waals surface area contributed by atoms with Crippen LogP contribution >= 0.6 is 0 Å². The maximum Gasteiger partial charge on any atom is 0.0995 e. The summed E-state index contributed by atoms with van der Waals surface area (Å²) in [6.45, 7) is 11.1. The quantitative estimate of drug-likeness (QED) is 0.558. The molecule has 0 saturated carbocycles. The van der Waals surface area contributed by atoms with Crippen molar-refractivity contribution in [2.75, 3.05) is 13.7 Å². The van der Waals surface area contributed by atoms with E-state index in [4.69, 9.17) is 10.5 Å². The predicted molar refractivity (Wildman–Crippen MR) is 61.6 cm³/mol. The van der Waals surface area contributed by atoms with Crippen LogP contribution < -0.4 is 5.73 Å². The molecule has 0 aromatic heterocycles. The molecule has 3 heteroatoms. The normalized spacial score (nSPS) is 16.1. The lowest BCUT2D eigenvalue weighted by Gasteiger charge is -2.22. The van der Waals surface area contributed by atoms with Gasteiger partial charge in [-0.25, -0.2) is 0 Å². The molecule has 0 aromatic rings. The van der Waals surface area contributed by atoms with Crippen molar-refractivity contribution in [3.63, 3.8) is 0 Å². The predicted octanol–water partition coefficient (Wildman–Crippen LogP) is 2.06. The van der Waals surface area contributed by atoms with Crippen LogP contribution in [0.25, 0.3) is 0 Å². The lowest BCUT2D eigenvalue weighted by molar-refractivity contribution is 0.164. The first-order chi connectivity index (χ1) is 6.29. The zero-order chi connectivity index (χ0) is 11.4. The molecule has 0 aromatic carbocycles. The van der Waals surface area contributed by atoms with Crippen LogP contribution in [0.2, 0.25) is 0 Å². The molecular weight excluding hydrogens is 176 g/mol. The largest absolute Gasteiger partial charge is 0.387 e. The van der Waals surface area contributed by atoms with Crippen molar-refractivity contribution >= 4 is 5.84 Å². The monoisotopic (exact) mass is 200 g/mol. The first-order valence-electron chi connectivity index (χ1n) is 5.11. The van der Waals surface area contributed by atoms with Gasteiger partial charge >= 0.3 is 0 Å². The van der Waals surface area contributed by atoms with E-state index in [1.807, 2.05) is 0 Å². The van der Waals surface area contributed by atoms with Gasteiger partial charge in [0.05, 0.1) is 18.5 Å². The van der Waals surface area contributed by atoms with E-state index >= 15 is 0 Å². The molecule has 0 saturated heterocycles. The van der Waals surface area contributed by atoms with Gasteiger partial charge in [0.1, 0.15) is 0 Å². The van der Waals surface area contributed by atoms with Crippen LogP contribution in [0, 0.1) is 11.3 Å². The fourth-order valence-corrected chi connectivity index (χ4v) is 0.922. The first-order valence-corrected chi connectivity index (χ1v) is 5.11. The minimum atomic E-state index is -0.0547. The maximum atomic E-state index is 5.91. The highest BCUT2D eigenvalue weighted by Crippen LogP contribution is 2.15. The Kier molecular flexibility index (Phi) is 5.13. The van der Waals surface area contributed by atoms with Crippen LogP contribution in [0.3, 0.4) is 0 Å². The highest BCUT2D eigenvalue weighted by molar-refractivity contribution is 5.85. The minimum Gasteiger partial charge on any atom is -0.387 e. The number of hydrogen-bond acceptors (Lipinski definition) is 2. The maximum absolute atomic E-state index is 5.91. The molecule has 0 rings (SSSR count). The third-order valence-electron chi connectivity index (χ3n) is 2.18. The fraction of sp³-hybridized carbons (Fsp3) is 0.909. The van der Waals surface area contributed by atoms with Crippen molar-refractivity contribution in [3.8, 4) is 0 Å². The first kappa shape index (κ1) is 13.4. The van der Waals surface area contributed by atoms with Gasteiger partial charge in [0, 0.05) is 12.5 Å². The molecular formula is C11H24N2O. The van der Waals surface area contributed by atoms with Gasteiger partial charge in [0.2, 0.25) is 0 Å². The van der Waals surface area contributed by atoms with Crippen molar-refractivity contribution in [3.05, 3.63) is 0 Å². The summed E-state index contributed by atoms with van der Waals surface area (Å²) in [4.78, 5) is 4.51. The average molecular weight is 200 g/mol. The molecule has 0 radical (unpaired) electrons. The Morgan fingerprint density at radius 1 is 1.36 bits per heavy atom. The van der Waals surface area contributed by atoms with Crippen molar-refractivity contribution < 1.29 is 4.74 Å². The number of hydrogen-bond donors (Lipinski definition) is 1. The molecule has 0 heterocycles. The van der Waals surface area contributed by atoms with Gasteiger partial charge in [-0.3, -0.25) is 4.99 Å². The molecule has 0 aliphatic heterocycles. The van der Waals surface area contributed by atoms with Crippen molar-refractivity contribution in [1.82, 2.24) is 0 Å². The van der Waals surface area contributed by atoms with Crippen molar-refractivity contribution in [2.45, 2.75) is 40.7 Å². The van der Waals surface area contributed by atoms with Gasteiger partial charge in [-0.05, 0) is 5.92 Å². The lowest BCUT2D eigenvalue weighted by Crippen LogP contribution is -2.33.